The summed E-state index contributed by atoms with van der Waals surface area (Å²) in [7, 11) is 0. The normalized spacial score (nSPS) is 10.6. The van der Waals surface area contributed by atoms with E-state index in [0.29, 0.717) is 29.6 Å². The molecule has 0 aromatic heterocycles. The summed E-state index contributed by atoms with van der Waals surface area (Å²) < 4.78 is 0. The number of nitrogens with zero attached hydrogens (tertiary/aromatic N) is 1. The maximum Gasteiger partial charge on any atom is 0.251 e. The molecule has 0 saturated heterocycles. The van der Waals surface area contributed by atoms with Crippen molar-refractivity contribution < 1.29 is 9.59 Å². The van der Waals surface area contributed by atoms with Crippen molar-refractivity contribution in [3.8, 4) is 0 Å². The van der Waals surface area contributed by atoms with Gasteiger partial charge in [0.1, 0.15) is 0 Å². The minimum Gasteiger partial charge on any atom is -0.350 e. The molecule has 0 heterocycles. The molecule has 0 aliphatic rings. The van der Waals surface area contributed by atoms with E-state index in [2.05, 4.69) is 19.2 Å². The van der Waals surface area contributed by atoms with Crippen molar-refractivity contribution >= 4 is 29.1 Å². The van der Waals surface area contributed by atoms with Crippen LogP contribution in [0.2, 0.25) is 5.02 Å². The van der Waals surface area contributed by atoms with Crippen LogP contribution >= 0.6 is 11.6 Å². The summed E-state index contributed by atoms with van der Waals surface area (Å²) in [5, 5.41) is 3.43. The number of rotatable bonds is 6. The van der Waals surface area contributed by atoms with Crippen LogP contribution < -0.4 is 10.2 Å². The number of carbonyl (C=O) groups is 2. The number of carbonyl (C=O) groups excluding carboxylic acids is 2. The van der Waals surface area contributed by atoms with Gasteiger partial charge in [-0.3, -0.25) is 9.59 Å². The molecular weight excluding hydrogens is 336 g/mol. The first-order chi connectivity index (χ1) is 11.9. The molecule has 1 N–H and O–H groups in total. The van der Waals surface area contributed by atoms with Crippen molar-refractivity contribution in [1.29, 1.82) is 0 Å². The number of amides is 2. The highest BCUT2D eigenvalue weighted by Crippen LogP contribution is 2.27. The van der Waals surface area contributed by atoms with Gasteiger partial charge in [-0.15, -0.1) is 0 Å². The topological polar surface area (TPSA) is 49.4 Å². The van der Waals surface area contributed by atoms with Gasteiger partial charge in [-0.25, -0.2) is 0 Å². The van der Waals surface area contributed by atoms with E-state index in [1.54, 1.807) is 29.2 Å². The second kappa shape index (κ2) is 8.67. The monoisotopic (exact) mass is 358 g/mol. The third-order valence-corrected chi connectivity index (χ3v) is 4.21. The lowest BCUT2D eigenvalue weighted by Gasteiger charge is -2.25. The molecule has 25 heavy (non-hydrogen) atoms. The quantitative estimate of drug-likeness (QED) is 0.839. The first-order valence-electron chi connectivity index (χ1n) is 8.31. The summed E-state index contributed by atoms with van der Waals surface area (Å²) in [5.74, 6) is 0.0767. The maximum atomic E-state index is 12.2. The predicted molar refractivity (Wildman–Crippen MR) is 102 cm³/mol. The number of hydrogen-bond donors (Lipinski definition) is 1. The Hall–Kier alpha value is -2.33. The molecule has 5 heteroatoms. The summed E-state index contributed by atoms with van der Waals surface area (Å²) in [4.78, 5) is 26.0. The van der Waals surface area contributed by atoms with E-state index in [4.69, 9.17) is 11.6 Å². The van der Waals surface area contributed by atoms with Crippen molar-refractivity contribution in [2.24, 2.45) is 0 Å². The lowest BCUT2D eigenvalue weighted by molar-refractivity contribution is -0.116. The minimum atomic E-state index is -0.183. The van der Waals surface area contributed by atoms with Gasteiger partial charge in [-0.1, -0.05) is 43.6 Å². The van der Waals surface area contributed by atoms with Crippen molar-refractivity contribution in [3.63, 3.8) is 0 Å². The molecule has 0 atom stereocenters. The lowest BCUT2D eigenvalue weighted by atomic mass is 10.0. The van der Waals surface area contributed by atoms with E-state index in [9.17, 15) is 9.59 Å². The molecule has 0 fully saturated rings. The number of para-hydroxylation sites is 1. The second-order valence-electron chi connectivity index (χ2n) is 6.15. The summed E-state index contributed by atoms with van der Waals surface area (Å²) in [6.45, 7) is 6.52. The standard InChI is InChI=1S/C20H23ClN2O2/c1-14(2)18-6-4-5-7-19(18)23(15(3)24)13-12-22-20(25)16-8-10-17(21)11-9-16/h4-11,14H,12-13H2,1-3H3,(H,22,25). The molecule has 0 unspecified atom stereocenters. The maximum absolute atomic E-state index is 12.2. The Kier molecular flexibility index (Phi) is 6.59. The van der Waals surface area contributed by atoms with Gasteiger partial charge in [0.25, 0.3) is 5.91 Å². The molecule has 2 aromatic rings. The fourth-order valence-electron chi connectivity index (χ4n) is 2.65. The third kappa shape index (κ3) is 5.07. The van der Waals surface area contributed by atoms with Gasteiger partial charge in [-0.05, 0) is 41.8 Å². The van der Waals surface area contributed by atoms with Crippen LogP contribution in [0.3, 0.4) is 0 Å². The van der Waals surface area contributed by atoms with Crippen LogP contribution in [-0.2, 0) is 4.79 Å². The Labute approximate surface area is 153 Å². The predicted octanol–water partition coefficient (Wildman–Crippen LogP) is 4.25. The Bertz CT molecular complexity index is 742. The fraction of sp³-hybridized carbons (Fsp3) is 0.300. The SMILES string of the molecule is CC(=O)N(CCNC(=O)c1ccc(Cl)cc1)c1ccccc1C(C)C. The van der Waals surface area contributed by atoms with E-state index < -0.39 is 0 Å². The molecular formula is C20H23ClN2O2. The molecule has 4 nitrogen and oxygen atoms in total. The van der Waals surface area contributed by atoms with Crippen molar-refractivity contribution in [2.75, 3.05) is 18.0 Å². The van der Waals surface area contributed by atoms with Crippen molar-refractivity contribution in [3.05, 3.63) is 64.7 Å². The number of halogens is 1. The molecule has 0 radical (unpaired) electrons. The molecule has 2 rings (SSSR count). The number of benzene rings is 2. The van der Waals surface area contributed by atoms with Crippen LogP contribution in [-0.4, -0.2) is 24.9 Å². The van der Waals surface area contributed by atoms with Gasteiger partial charge in [0.05, 0.1) is 0 Å². The molecule has 0 saturated carbocycles. The molecule has 0 aliphatic heterocycles. The van der Waals surface area contributed by atoms with Gasteiger partial charge in [0.2, 0.25) is 5.91 Å². The molecule has 2 aromatic carbocycles. The smallest absolute Gasteiger partial charge is 0.251 e. The number of hydrogen-bond acceptors (Lipinski definition) is 2. The molecule has 2 amide bonds. The Morgan fingerprint density at radius 3 is 2.32 bits per heavy atom. The van der Waals surface area contributed by atoms with Gasteiger partial charge >= 0.3 is 0 Å². The van der Waals surface area contributed by atoms with E-state index in [1.807, 2.05) is 24.3 Å². The van der Waals surface area contributed by atoms with Crippen LogP contribution in [0.15, 0.2) is 48.5 Å². The highest BCUT2D eigenvalue weighted by molar-refractivity contribution is 6.30. The number of nitrogens with one attached hydrogen (secondary N) is 1. The second-order valence-corrected chi connectivity index (χ2v) is 6.58. The highest BCUT2D eigenvalue weighted by atomic mass is 35.5. The zero-order chi connectivity index (χ0) is 18.4. The minimum absolute atomic E-state index is 0.0474. The van der Waals surface area contributed by atoms with E-state index in [-0.39, 0.29) is 11.8 Å². The highest BCUT2D eigenvalue weighted by Gasteiger charge is 2.16. The summed E-state index contributed by atoms with van der Waals surface area (Å²) >= 11 is 5.83. The van der Waals surface area contributed by atoms with Crippen LogP contribution in [0.4, 0.5) is 5.69 Å². The fourth-order valence-corrected chi connectivity index (χ4v) is 2.78. The number of anilines is 1. The largest absolute Gasteiger partial charge is 0.350 e. The van der Waals surface area contributed by atoms with Crippen molar-refractivity contribution in [2.45, 2.75) is 26.7 Å². The molecule has 132 valence electrons. The van der Waals surface area contributed by atoms with Gasteiger partial charge in [0.15, 0.2) is 0 Å². The van der Waals surface area contributed by atoms with E-state index >= 15 is 0 Å². The van der Waals surface area contributed by atoms with Crippen LogP contribution in [0.1, 0.15) is 42.6 Å². The molecule has 0 bridgehead atoms. The average Bonchev–Trinajstić information content (AvgIpc) is 2.58. The Morgan fingerprint density at radius 1 is 1.08 bits per heavy atom. The lowest BCUT2D eigenvalue weighted by Crippen LogP contribution is -2.38. The van der Waals surface area contributed by atoms with Gasteiger partial charge < -0.3 is 10.2 Å². The Morgan fingerprint density at radius 2 is 1.72 bits per heavy atom. The van der Waals surface area contributed by atoms with Crippen LogP contribution in [0.5, 0.6) is 0 Å². The van der Waals surface area contributed by atoms with E-state index in [0.717, 1.165) is 11.3 Å². The van der Waals surface area contributed by atoms with E-state index in [1.165, 1.54) is 6.92 Å². The zero-order valence-corrected chi connectivity index (χ0v) is 15.5. The van der Waals surface area contributed by atoms with Gasteiger partial charge in [-0.2, -0.15) is 0 Å². The zero-order valence-electron chi connectivity index (χ0n) is 14.8. The van der Waals surface area contributed by atoms with Crippen LogP contribution in [0, 0.1) is 0 Å². The first-order valence-corrected chi connectivity index (χ1v) is 8.68. The average molecular weight is 359 g/mol. The molecule has 0 aliphatic carbocycles. The van der Waals surface area contributed by atoms with Crippen molar-refractivity contribution in [1.82, 2.24) is 5.32 Å². The summed E-state index contributed by atoms with van der Waals surface area (Å²) in [6, 6.07) is 14.6. The Balaban J connectivity index is 2.05. The van der Waals surface area contributed by atoms with Crippen LogP contribution in [0.25, 0.3) is 0 Å². The third-order valence-electron chi connectivity index (χ3n) is 3.96. The molecule has 0 spiro atoms. The summed E-state index contributed by atoms with van der Waals surface area (Å²) in [6.07, 6.45) is 0. The summed E-state index contributed by atoms with van der Waals surface area (Å²) in [5.41, 5.74) is 2.55. The van der Waals surface area contributed by atoms with Gasteiger partial charge in [0, 0.05) is 36.3 Å². The first kappa shape index (κ1) is 19.0.